The molecule has 2 nitrogen and oxygen atoms in total. The largest absolute Gasteiger partial charge is 0.385 e. The van der Waals surface area contributed by atoms with Crippen LogP contribution in [0.2, 0.25) is 5.02 Å². The Labute approximate surface area is 122 Å². The van der Waals surface area contributed by atoms with E-state index in [0.717, 1.165) is 0 Å². The lowest BCUT2D eigenvalue weighted by Crippen LogP contribution is -2.24. The van der Waals surface area contributed by atoms with Gasteiger partial charge in [0.05, 0.1) is 22.3 Å². The van der Waals surface area contributed by atoms with E-state index in [1.807, 2.05) is 6.07 Å². The zero-order chi connectivity index (χ0) is 14.8. The number of nitrogens with zero attached hydrogens (tertiary/aromatic N) is 1. The Morgan fingerprint density at radius 2 is 1.90 bits per heavy atom. The molecule has 2 rings (SSSR count). The molecule has 0 saturated carbocycles. The third-order valence-electron chi connectivity index (χ3n) is 3.17. The minimum Gasteiger partial charge on any atom is -0.385 e. The van der Waals surface area contributed by atoms with Crippen molar-refractivity contribution in [3.05, 3.63) is 70.0 Å². The van der Waals surface area contributed by atoms with Gasteiger partial charge in [-0.3, -0.25) is 0 Å². The van der Waals surface area contributed by atoms with Gasteiger partial charge in [0, 0.05) is 6.42 Å². The topological polar surface area (TPSA) is 44.0 Å². The standard InChI is InChI=1S/C16H13ClFNO/c1-16(20,13-5-2-11(10-19)3-6-13)9-12-4-7-14(17)15(18)8-12/h2-8,20H,9H2,1H3. The smallest absolute Gasteiger partial charge is 0.142 e. The number of halogens is 2. The van der Waals surface area contributed by atoms with Crippen LogP contribution in [-0.4, -0.2) is 5.11 Å². The fraction of sp³-hybridized carbons (Fsp3) is 0.188. The lowest BCUT2D eigenvalue weighted by Gasteiger charge is -2.24. The SMILES string of the molecule is CC(O)(Cc1ccc(Cl)c(F)c1)c1ccc(C#N)cc1. The minimum atomic E-state index is -1.14. The van der Waals surface area contributed by atoms with Crippen molar-refractivity contribution in [1.82, 2.24) is 0 Å². The van der Waals surface area contributed by atoms with Gasteiger partial charge in [0.25, 0.3) is 0 Å². The van der Waals surface area contributed by atoms with Crippen LogP contribution in [0.3, 0.4) is 0 Å². The van der Waals surface area contributed by atoms with Crippen LogP contribution < -0.4 is 0 Å². The second-order valence-electron chi connectivity index (χ2n) is 4.89. The molecule has 20 heavy (non-hydrogen) atoms. The van der Waals surface area contributed by atoms with Crippen LogP contribution in [0.15, 0.2) is 42.5 Å². The van der Waals surface area contributed by atoms with Crippen molar-refractivity contribution in [2.75, 3.05) is 0 Å². The Balaban J connectivity index is 2.25. The van der Waals surface area contributed by atoms with Crippen LogP contribution in [-0.2, 0) is 12.0 Å². The van der Waals surface area contributed by atoms with Crippen LogP contribution in [0.4, 0.5) is 4.39 Å². The first kappa shape index (κ1) is 14.5. The molecule has 0 amide bonds. The van der Waals surface area contributed by atoms with E-state index in [-0.39, 0.29) is 11.4 Å². The van der Waals surface area contributed by atoms with E-state index < -0.39 is 11.4 Å². The highest BCUT2D eigenvalue weighted by molar-refractivity contribution is 6.30. The summed E-state index contributed by atoms with van der Waals surface area (Å²) in [5.41, 5.74) is 0.712. The maximum atomic E-state index is 13.4. The molecule has 0 fully saturated rings. The molecule has 0 aliphatic carbocycles. The monoisotopic (exact) mass is 289 g/mol. The molecule has 0 aliphatic heterocycles. The van der Waals surface area contributed by atoms with Crippen LogP contribution >= 0.6 is 11.6 Å². The van der Waals surface area contributed by atoms with E-state index in [4.69, 9.17) is 16.9 Å². The van der Waals surface area contributed by atoms with Crippen molar-refractivity contribution >= 4 is 11.6 Å². The third kappa shape index (κ3) is 3.16. The maximum Gasteiger partial charge on any atom is 0.142 e. The van der Waals surface area contributed by atoms with E-state index in [0.29, 0.717) is 16.7 Å². The van der Waals surface area contributed by atoms with Gasteiger partial charge in [0.2, 0.25) is 0 Å². The van der Waals surface area contributed by atoms with Gasteiger partial charge in [-0.1, -0.05) is 29.8 Å². The van der Waals surface area contributed by atoms with Crippen molar-refractivity contribution in [2.24, 2.45) is 0 Å². The van der Waals surface area contributed by atoms with Gasteiger partial charge in [-0.25, -0.2) is 4.39 Å². The molecule has 0 spiro atoms. The molecule has 102 valence electrons. The summed E-state index contributed by atoms with van der Waals surface area (Å²) in [5, 5.41) is 19.3. The molecule has 1 N–H and O–H groups in total. The van der Waals surface area contributed by atoms with Crippen molar-refractivity contribution < 1.29 is 9.50 Å². The number of hydrogen-bond donors (Lipinski definition) is 1. The summed E-state index contributed by atoms with van der Waals surface area (Å²) in [6, 6.07) is 13.2. The normalized spacial score (nSPS) is 13.6. The van der Waals surface area contributed by atoms with Crippen LogP contribution in [0.1, 0.15) is 23.6 Å². The Morgan fingerprint density at radius 3 is 2.45 bits per heavy atom. The molecule has 1 unspecified atom stereocenters. The quantitative estimate of drug-likeness (QED) is 0.934. The number of aliphatic hydroxyl groups is 1. The second-order valence-corrected chi connectivity index (χ2v) is 5.30. The molecule has 0 aliphatic rings. The Morgan fingerprint density at radius 1 is 1.25 bits per heavy atom. The molecule has 4 heteroatoms. The number of nitriles is 1. The van der Waals surface area contributed by atoms with Gasteiger partial charge in [-0.2, -0.15) is 5.26 Å². The average Bonchev–Trinajstić information content (AvgIpc) is 2.43. The fourth-order valence-electron chi connectivity index (χ4n) is 2.05. The van der Waals surface area contributed by atoms with Gasteiger partial charge in [-0.15, -0.1) is 0 Å². The molecule has 0 saturated heterocycles. The van der Waals surface area contributed by atoms with Crippen molar-refractivity contribution in [2.45, 2.75) is 18.9 Å². The number of rotatable bonds is 3. The first-order valence-electron chi connectivity index (χ1n) is 6.09. The molecule has 2 aromatic rings. The number of hydrogen-bond acceptors (Lipinski definition) is 2. The summed E-state index contributed by atoms with van der Waals surface area (Å²) in [5.74, 6) is -0.500. The Bertz CT molecular complexity index is 659. The highest BCUT2D eigenvalue weighted by Crippen LogP contribution is 2.27. The maximum absolute atomic E-state index is 13.4. The zero-order valence-corrected chi connectivity index (χ0v) is 11.7. The van der Waals surface area contributed by atoms with Crippen LogP contribution in [0.5, 0.6) is 0 Å². The number of benzene rings is 2. The Kier molecular flexibility index (Phi) is 4.08. The molecular formula is C16H13ClFNO. The van der Waals surface area contributed by atoms with Crippen LogP contribution in [0.25, 0.3) is 0 Å². The van der Waals surface area contributed by atoms with E-state index in [1.165, 1.54) is 12.1 Å². The Hall–Kier alpha value is -1.89. The van der Waals surface area contributed by atoms with E-state index in [2.05, 4.69) is 0 Å². The second kappa shape index (κ2) is 5.62. The third-order valence-corrected chi connectivity index (χ3v) is 3.47. The summed E-state index contributed by atoms with van der Waals surface area (Å²) >= 11 is 5.63. The predicted molar refractivity (Wildman–Crippen MR) is 75.8 cm³/mol. The first-order chi connectivity index (χ1) is 9.42. The van der Waals surface area contributed by atoms with Gasteiger partial charge >= 0.3 is 0 Å². The van der Waals surface area contributed by atoms with Gasteiger partial charge < -0.3 is 5.11 Å². The van der Waals surface area contributed by atoms with Crippen LogP contribution in [0, 0.1) is 17.1 Å². The van der Waals surface area contributed by atoms with Crippen molar-refractivity contribution in [1.29, 1.82) is 5.26 Å². The average molecular weight is 290 g/mol. The molecule has 0 radical (unpaired) electrons. The highest BCUT2D eigenvalue weighted by Gasteiger charge is 2.23. The molecule has 2 aromatic carbocycles. The molecule has 1 atom stereocenters. The van der Waals surface area contributed by atoms with Crippen molar-refractivity contribution in [3.63, 3.8) is 0 Å². The molecule has 0 bridgehead atoms. The fourth-order valence-corrected chi connectivity index (χ4v) is 2.17. The summed E-state index contributed by atoms with van der Waals surface area (Å²) in [4.78, 5) is 0. The highest BCUT2D eigenvalue weighted by atomic mass is 35.5. The van der Waals surface area contributed by atoms with E-state index >= 15 is 0 Å². The summed E-state index contributed by atoms with van der Waals surface area (Å²) in [7, 11) is 0. The molecule has 0 heterocycles. The van der Waals surface area contributed by atoms with Crippen molar-refractivity contribution in [3.8, 4) is 6.07 Å². The minimum absolute atomic E-state index is 0.0618. The van der Waals surface area contributed by atoms with Gasteiger partial charge in [0.1, 0.15) is 5.82 Å². The summed E-state index contributed by atoms with van der Waals surface area (Å²) in [6.07, 6.45) is 0.257. The predicted octanol–water partition coefficient (Wildman–Crippen LogP) is 3.80. The van der Waals surface area contributed by atoms with E-state index in [1.54, 1.807) is 37.3 Å². The first-order valence-corrected chi connectivity index (χ1v) is 6.47. The summed E-state index contributed by atoms with van der Waals surface area (Å²) in [6.45, 7) is 1.65. The molecular weight excluding hydrogens is 277 g/mol. The van der Waals surface area contributed by atoms with E-state index in [9.17, 15) is 9.50 Å². The van der Waals surface area contributed by atoms with Gasteiger partial charge in [0.15, 0.2) is 0 Å². The summed E-state index contributed by atoms with van der Waals surface area (Å²) < 4.78 is 13.4. The zero-order valence-electron chi connectivity index (χ0n) is 10.9. The van der Waals surface area contributed by atoms with Gasteiger partial charge in [-0.05, 0) is 42.3 Å². The lowest BCUT2D eigenvalue weighted by molar-refractivity contribution is 0.0575. The lowest BCUT2D eigenvalue weighted by atomic mass is 9.88. The molecule has 0 aromatic heterocycles.